The summed E-state index contributed by atoms with van der Waals surface area (Å²) in [4.78, 5) is 4.08. The molecular formula is C16H25N3O3. The van der Waals surface area contributed by atoms with Gasteiger partial charge >= 0.3 is 0 Å². The molecule has 3 heterocycles. The van der Waals surface area contributed by atoms with Gasteiger partial charge in [0.1, 0.15) is 12.1 Å². The largest absolute Gasteiger partial charge is 0.389 e. The van der Waals surface area contributed by atoms with Gasteiger partial charge in [-0.25, -0.2) is 4.98 Å². The number of nitrogens with one attached hydrogen (secondary N) is 1. The van der Waals surface area contributed by atoms with Gasteiger partial charge in [-0.1, -0.05) is 19.3 Å². The first-order valence-corrected chi connectivity index (χ1v) is 8.49. The molecule has 1 aromatic rings. The molecule has 1 aliphatic carbocycles. The minimum atomic E-state index is -0.524. The Morgan fingerprint density at radius 2 is 2.14 bits per heavy atom. The number of aliphatic hydroxyl groups excluding tert-OH is 1. The summed E-state index contributed by atoms with van der Waals surface area (Å²) in [6.45, 7) is 1.51. The van der Waals surface area contributed by atoms with E-state index < -0.39 is 6.10 Å². The molecule has 122 valence electrons. The van der Waals surface area contributed by atoms with E-state index in [1.54, 1.807) is 12.5 Å². The quantitative estimate of drug-likeness (QED) is 0.871. The van der Waals surface area contributed by atoms with Crippen LogP contribution in [0.25, 0.3) is 0 Å². The second-order valence-corrected chi connectivity index (χ2v) is 6.81. The second kappa shape index (κ2) is 6.28. The molecule has 2 saturated heterocycles. The van der Waals surface area contributed by atoms with Gasteiger partial charge in [0.2, 0.25) is 0 Å². The van der Waals surface area contributed by atoms with Crippen LogP contribution in [0.2, 0.25) is 0 Å². The van der Waals surface area contributed by atoms with Gasteiger partial charge in [-0.15, -0.1) is 0 Å². The highest BCUT2D eigenvalue weighted by Crippen LogP contribution is 2.35. The summed E-state index contributed by atoms with van der Waals surface area (Å²) in [6.07, 6.45) is 11.0. The van der Waals surface area contributed by atoms with Crippen LogP contribution in [-0.4, -0.2) is 52.3 Å². The summed E-state index contributed by atoms with van der Waals surface area (Å²) in [6, 6.07) is -0.307. The zero-order chi connectivity index (χ0) is 14.9. The normalized spacial score (nSPS) is 39.2. The average molecular weight is 307 g/mol. The fourth-order valence-electron chi connectivity index (χ4n) is 4.11. The molecule has 3 aliphatic rings. The van der Waals surface area contributed by atoms with Gasteiger partial charge in [-0.3, -0.25) is 0 Å². The van der Waals surface area contributed by atoms with Crippen molar-refractivity contribution >= 4 is 0 Å². The lowest BCUT2D eigenvalue weighted by Gasteiger charge is -2.40. The lowest BCUT2D eigenvalue weighted by molar-refractivity contribution is -0.165. The average Bonchev–Trinajstić information content (AvgIpc) is 3.20. The van der Waals surface area contributed by atoms with E-state index >= 15 is 0 Å². The Morgan fingerprint density at radius 1 is 1.27 bits per heavy atom. The highest BCUT2D eigenvalue weighted by Gasteiger charge is 2.50. The van der Waals surface area contributed by atoms with Crippen LogP contribution in [0, 0.1) is 5.92 Å². The molecular weight excluding hydrogens is 282 g/mol. The first-order chi connectivity index (χ1) is 10.8. The fraction of sp³-hybridized carbons (Fsp3) is 0.812. The van der Waals surface area contributed by atoms with Crippen LogP contribution in [0.5, 0.6) is 0 Å². The van der Waals surface area contributed by atoms with Crippen LogP contribution in [0.3, 0.4) is 0 Å². The molecule has 0 aromatic carbocycles. The maximum absolute atomic E-state index is 10.8. The molecule has 0 radical (unpaired) electrons. The van der Waals surface area contributed by atoms with Gasteiger partial charge < -0.3 is 24.5 Å². The number of aliphatic hydroxyl groups is 1. The monoisotopic (exact) mass is 307 g/mol. The van der Waals surface area contributed by atoms with E-state index in [2.05, 4.69) is 10.3 Å². The summed E-state index contributed by atoms with van der Waals surface area (Å²) < 4.78 is 13.6. The van der Waals surface area contributed by atoms with Crippen LogP contribution in [0.4, 0.5) is 0 Å². The van der Waals surface area contributed by atoms with Gasteiger partial charge in [0.15, 0.2) is 6.29 Å². The molecule has 1 saturated carbocycles. The van der Waals surface area contributed by atoms with Gasteiger partial charge in [0, 0.05) is 12.4 Å². The van der Waals surface area contributed by atoms with E-state index in [4.69, 9.17) is 9.47 Å². The minimum absolute atomic E-state index is 0.0524. The summed E-state index contributed by atoms with van der Waals surface area (Å²) in [5.74, 6) is 0.729. The van der Waals surface area contributed by atoms with Crippen molar-refractivity contribution in [1.29, 1.82) is 0 Å². The first kappa shape index (κ1) is 14.6. The Kier molecular flexibility index (Phi) is 4.17. The number of aromatic nitrogens is 2. The van der Waals surface area contributed by atoms with Crippen molar-refractivity contribution in [2.75, 3.05) is 13.2 Å². The van der Waals surface area contributed by atoms with Crippen LogP contribution in [0.1, 0.15) is 38.1 Å². The Hall–Kier alpha value is -0.950. The highest BCUT2D eigenvalue weighted by molar-refractivity contribution is 5.01. The van der Waals surface area contributed by atoms with Crippen LogP contribution in [-0.2, 0) is 9.47 Å². The second-order valence-electron chi connectivity index (χ2n) is 6.81. The van der Waals surface area contributed by atoms with E-state index in [1.165, 1.54) is 32.1 Å². The SMILES string of the molecule is O[C@H]1[C@H](NCC2CCCCC2)[C@H]2CO[C@H](O2)[C@@H]1n1ccnc1. The predicted octanol–water partition coefficient (Wildman–Crippen LogP) is 1.08. The molecule has 1 aromatic heterocycles. The Balaban J connectivity index is 1.44. The third-order valence-electron chi connectivity index (χ3n) is 5.37. The van der Waals surface area contributed by atoms with Crippen molar-refractivity contribution in [1.82, 2.24) is 14.9 Å². The van der Waals surface area contributed by atoms with Gasteiger partial charge in [-0.2, -0.15) is 0 Å². The molecule has 2 bridgehead atoms. The Labute approximate surface area is 130 Å². The molecule has 6 heteroatoms. The van der Waals surface area contributed by atoms with Crippen molar-refractivity contribution in [2.45, 2.75) is 62.7 Å². The summed E-state index contributed by atoms with van der Waals surface area (Å²) >= 11 is 0. The standard InChI is InChI=1S/C16H25N3O3/c20-15-13(18-8-11-4-2-1-3-5-11)12-9-21-16(22-12)14(15)19-7-6-17-10-19/h6-7,10-16,18,20H,1-5,8-9H2/t12-,13-,14-,15+,16-/m1/s1. The van der Waals surface area contributed by atoms with Gasteiger partial charge in [0.25, 0.3) is 0 Å². The fourth-order valence-corrected chi connectivity index (χ4v) is 4.11. The summed E-state index contributed by atoms with van der Waals surface area (Å²) in [5.41, 5.74) is 0. The van der Waals surface area contributed by atoms with Gasteiger partial charge in [-0.05, 0) is 25.3 Å². The molecule has 5 atom stereocenters. The molecule has 2 N–H and O–H groups in total. The minimum Gasteiger partial charge on any atom is -0.389 e. The van der Waals surface area contributed by atoms with Crippen molar-refractivity contribution in [2.24, 2.45) is 5.92 Å². The highest BCUT2D eigenvalue weighted by atomic mass is 16.7. The van der Waals surface area contributed by atoms with Gasteiger partial charge in [0.05, 0.1) is 25.1 Å². The smallest absolute Gasteiger partial charge is 0.181 e. The molecule has 3 fully saturated rings. The molecule has 0 amide bonds. The topological polar surface area (TPSA) is 68.5 Å². The van der Waals surface area contributed by atoms with Crippen molar-refractivity contribution in [3.05, 3.63) is 18.7 Å². The van der Waals surface area contributed by atoms with Crippen LogP contribution in [0.15, 0.2) is 18.7 Å². The Morgan fingerprint density at radius 3 is 2.91 bits per heavy atom. The first-order valence-electron chi connectivity index (χ1n) is 8.49. The number of imidazole rings is 1. The van der Waals surface area contributed by atoms with Crippen LogP contribution < -0.4 is 5.32 Å². The number of hydrogen-bond donors (Lipinski definition) is 2. The number of hydrogen-bond acceptors (Lipinski definition) is 5. The third-order valence-corrected chi connectivity index (χ3v) is 5.37. The molecule has 22 heavy (non-hydrogen) atoms. The van der Waals surface area contributed by atoms with Crippen LogP contribution >= 0.6 is 0 Å². The molecule has 0 spiro atoms. The summed E-state index contributed by atoms with van der Waals surface area (Å²) in [7, 11) is 0. The molecule has 6 nitrogen and oxygen atoms in total. The summed E-state index contributed by atoms with van der Waals surface area (Å²) in [5, 5.41) is 14.4. The van der Waals surface area contributed by atoms with Crippen molar-refractivity contribution in [3.63, 3.8) is 0 Å². The molecule has 4 rings (SSSR count). The zero-order valence-electron chi connectivity index (χ0n) is 12.8. The Bertz CT molecular complexity index is 475. The molecule has 2 aliphatic heterocycles. The number of fused-ring (bicyclic) bond motifs is 2. The zero-order valence-corrected chi connectivity index (χ0v) is 12.8. The van der Waals surface area contributed by atoms with E-state index in [-0.39, 0.29) is 24.5 Å². The number of nitrogens with zero attached hydrogens (tertiary/aromatic N) is 2. The van der Waals surface area contributed by atoms with E-state index in [0.717, 1.165) is 12.5 Å². The third kappa shape index (κ3) is 2.69. The predicted molar refractivity (Wildman–Crippen MR) is 80.2 cm³/mol. The lowest BCUT2D eigenvalue weighted by Crippen LogP contribution is -2.58. The van der Waals surface area contributed by atoms with Crippen molar-refractivity contribution < 1.29 is 14.6 Å². The van der Waals surface area contributed by atoms with E-state index in [0.29, 0.717) is 6.61 Å². The van der Waals surface area contributed by atoms with E-state index in [1.807, 2.05) is 10.8 Å². The van der Waals surface area contributed by atoms with E-state index in [9.17, 15) is 5.11 Å². The number of ether oxygens (including phenoxy) is 2. The maximum Gasteiger partial charge on any atom is 0.181 e. The maximum atomic E-state index is 10.8. The van der Waals surface area contributed by atoms with Crippen molar-refractivity contribution in [3.8, 4) is 0 Å². The molecule has 0 unspecified atom stereocenters. The lowest BCUT2D eigenvalue weighted by atomic mass is 9.88. The number of rotatable bonds is 4.